The van der Waals surface area contributed by atoms with Crippen LogP contribution in [0.3, 0.4) is 0 Å². The molecule has 1 aromatic carbocycles. The van der Waals surface area contributed by atoms with Crippen molar-refractivity contribution in [2.24, 2.45) is 5.73 Å². The van der Waals surface area contributed by atoms with Crippen molar-refractivity contribution in [3.05, 3.63) is 41.7 Å². The molecule has 0 saturated heterocycles. The second kappa shape index (κ2) is 7.26. The summed E-state index contributed by atoms with van der Waals surface area (Å²) < 4.78 is 17.9. The number of benzene rings is 1. The molecule has 0 aliphatic carbocycles. The van der Waals surface area contributed by atoms with Gasteiger partial charge in [0.1, 0.15) is 11.6 Å². The Balaban J connectivity index is 0.00000196. The molecule has 0 fully saturated rings. The van der Waals surface area contributed by atoms with E-state index in [-0.39, 0.29) is 24.8 Å². The summed E-state index contributed by atoms with van der Waals surface area (Å²) in [5, 5.41) is 0. The zero-order valence-corrected chi connectivity index (χ0v) is 9.39. The van der Waals surface area contributed by atoms with E-state index in [0.29, 0.717) is 6.42 Å². The average Bonchev–Trinajstić information content (AvgIpc) is 2.26. The summed E-state index contributed by atoms with van der Waals surface area (Å²) in [6.07, 6.45) is 1.98. The Morgan fingerprint density at radius 3 is 2.73 bits per heavy atom. The van der Waals surface area contributed by atoms with Gasteiger partial charge in [-0.1, -0.05) is 18.2 Å². The zero-order chi connectivity index (χ0) is 10.4. The van der Waals surface area contributed by atoms with Crippen LogP contribution >= 0.6 is 12.4 Å². The molecule has 0 saturated carbocycles. The van der Waals surface area contributed by atoms with Gasteiger partial charge in [-0.25, -0.2) is 4.39 Å². The summed E-state index contributed by atoms with van der Waals surface area (Å²) in [5.41, 5.74) is 6.09. The predicted octanol–water partition coefficient (Wildman–Crippen LogP) is 2.47. The third-order valence-corrected chi connectivity index (χ3v) is 1.93. The molecule has 0 aliphatic rings. The Bertz CT molecular complexity index is 328. The minimum Gasteiger partial charge on any atom is -0.496 e. The second-order valence-corrected chi connectivity index (χ2v) is 2.87. The first kappa shape index (κ1) is 13.9. The molecule has 1 aromatic rings. The molecule has 84 valence electrons. The molecule has 15 heavy (non-hydrogen) atoms. The maximum Gasteiger partial charge on any atom is 0.122 e. The highest BCUT2D eigenvalue weighted by Gasteiger charge is 1.99. The van der Waals surface area contributed by atoms with E-state index >= 15 is 0 Å². The molecule has 0 aromatic heterocycles. The normalized spacial score (nSPS) is 10.7. The standard InChI is InChI=1S/C11H14FNO.ClH/c1-14-11-5-3-2-4-9(11)6-7-10(12)8-13;/h2-5,7H,6,8,13H2,1H3;1H/b10-7+;. The van der Waals surface area contributed by atoms with E-state index in [1.807, 2.05) is 24.3 Å². The van der Waals surface area contributed by atoms with Gasteiger partial charge < -0.3 is 10.5 Å². The summed E-state index contributed by atoms with van der Waals surface area (Å²) >= 11 is 0. The third kappa shape index (κ3) is 4.32. The molecule has 0 heterocycles. The van der Waals surface area contributed by atoms with Crippen molar-refractivity contribution in [3.63, 3.8) is 0 Å². The van der Waals surface area contributed by atoms with Crippen LogP contribution in [-0.4, -0.2) is 13.7 Å². The SMILES string of the molecule is COc1ccccc1C/C=C(/F)CN.Cl. The highest BCUT2D eigenvalue weighted by molar-refractivity contribution is 5.85. The minimum atomic E-state index is -0.295. The van der Waals surface area contributed by atoms with Crippen LogP contribution < -0.4 is 10.5 Å². The molecular weight excluding hydrogens is 217 g/mol. The van der Waals surface area contributed by atoms with Crippen molar-refractivity contribution in [1.82, 2.24) is 0 Å². The van der Waals surface area contributed by atoms with Crippen molar-refractivity contribution in [3.8, 4) is 5.75 Å². The van der Waals surface area contributed by atoms with Crippen molar-refractivity contribution in [1.29, 1.82) is 0 Å². The Morgan fingerprint density at radius 2 is 2.13 bits per heavy atom. The van der Waals surface area contributed by atoms with Crippen LogP contribution in [0, 0.1) is 0 Å². The lowest BCUT2D eigenvalue weighted by Gasteiger charge is -2.05. The number of halogens is 2. The van der Waals surface area contributed by atoms with Crippen LogP contribution in [0.2, 0.25) is 0 Å². The first-order valence-corrected chi connectivity index (χ1v) is 4.44. The number of para-hydroxylation sites is 1. The molecule has 2 N–H and O–H groups in total. The van der Waals surface area contributed by atoms with E-state index in [4.69, 9.17) is 10.5 Å². The predicted molar refractivity (Wildman–Crippen MR) is 62.2 cm³/mol. The number of rotatable bonds is 4. The number of hydrogen-bond acceptors (Lipinski definition) is 2. The Kier molecular flexibility index (Phi) is 6.75. The third-order valence-electron chi connectivity index (χ3n) is 1.93. The monoisotopic (exact) mass is 231 g/mol. The van der Waals surface area contributed by atoms with Crippen LogP contribution in [0.25, 0.3) is 0 Å². The van der Waals surface area contributed by atoms with Crippen molar-refractivity contribution < 1.29 is 9.13 Å². The van der Waals surface area contributed by atoms with E-state index in [1.54, 1.807) is 7.11 Å². The fourth-order valence-electron chi connectivity index (χ4n) is 1.18. The van der Waals surface area contributed by atoms with Gasteiger partial charge in [0.25, 0.3) is 0 Å². The van der Waals surface area contributed by atoms with Crippen LogP contribution in [-0.2, 0) is 6.42 Å². The lowest BCUT2D eigenvalue weighted by atomic mass is 10.1. The molecule has 4 heteroatoms. The van der Waals surface area contributed by atoms with Gasteiger partial charge in [0.05, 0.1) is 7.11 Å². The van der Waals surface area contributed by atoms with Crippen LogP contribution in [0.4, 0.5) is 4.39 Å². The van der Waals surface area contributed by atoms with Gasteiger partial charge in [-0.3, -0.25) is 0 Å². The van der Waals surface area contributed by atoms with Crippen LogP contribution in [0.5, 0.6) is 5.75 Å². The molecular formula is C11H15ClFNO. The molecule has 1 rings (SSSR count). The Hall–Kier alpha value is -1.06. The summed E-state index contributed by atoms with van der Waals surface area (Å²) in [6.45, 7) is -0.0465. The van der Waals surface area contributed by atoms with Gasteiger partial charge in [-0.2, -0.15) is 0 Å². The summed E-state index contributed by atoms with van der Waals surface area (Å²) in [4.78, 5) is 0. The maximum atomic E-state index is 12.7. The van der Waals surface area contributed by atoms with E-state index in [1.165, 1.54) is 6.08 Å². The van der Waals surface area contributed by atoms with Crippen molar-refractivity contribution in [2.45, 2.75) is 6.42 Å². The van der Waals surface area contributed by atoms with Crippen LogP contribution in [0.15, 0.2) is 36.2 Å². The minimum absolute atomic E-state index is 0. The first-order valence-electron chi connectivity index (χ1n) is 4.44. The Labute approximate surface area is 95.3 Å². The number of ether oxygens (including phenoxy) is 1. The number of nitrogens with two attached hydrogens (primary N) is 1. The molecule has 0 aliphatic heterocycles. The van der Waals surface area contributed by atoms with Gasteiger partial charge in [0.2, 0.25) is 0 Å². The van der Waals surface area contributed by atoms with Gasteiger partial charge in [0.15, 0.2) is 0 Å². The molecule has 0 spiro atoms. The fourth-order valence-corrected chi connectivity index (χ4v) is 1.18. The molecule has 0 bridgehead atoms. The second-order valence-electron chi connectivity index (χ2n) is 2.87. The average molecular weight is 232 g/mol. The highest BCUT2D eigenvalue weighted by atomic mass is 35.5. The zero-order valence-electron chi connectivity index (χ0n) is 8.57. The molecule has 2 nitrogen and oxygen atoms in total. The highest BCUT2D eigenvalue weighted by Crippen LogP contribution is 2.18. The first-order chi connectivity index (χ1) is 6.77. The van der Waals surface area contributed by atoms with Gasteiger partial charge >= 0.3 is 0 Å². The van der Waals surface area contributed by atoms with E-state index in [0.717, 1.165) is 11.3 Å². The lowest BCUT2D eigenvalue weighted by Crippen LogP contribution is -1.99. The van der Waals surface area contributed by atoms with Crippen molar-refractivity contribution >= 4 is 12.4 Å². The van der Waals surface area contributed by atoms with Gasteiger partial charge in [0, 0.05) is 6.54 Å². The number of allylic oxidation sites excluding steroid dienone is 1. The molecule has 0 amide bonds. The van der Waals surface area contributed by atoms with E-state index < -0.39 is 0 Å². The lowest BCUT2D eigenvalue weighted by molar-refractivity contribution is 0.410. The van der Waals surface area contributed by atoms with Crippen LogP contribution in [0.1, 0.15) is 5.56 Å². The Morgan fingerprint density at radius 1 is 1.47 bits per heavy atom. The largest absolute Gasteiger partial charge is 0.496 e. The van der Waals surface area contributed by atoms with Crippen molar-refractivity contribution in [2.75, 3.05) is 13.7 Å². The topological polar surface area (TPSA) is 35.2 Å². The number of hydrogen-bond donors (Lipinski definition) is 1. The quantitative estimate of drug-likeness (QED) is 0.864. The summed E-state index contributed by atoms with van der Waals surface area (Å²) in [5.74, 6) is 0.476. The van der Waals surface area contributed by atoms with E-state index in [2.05, 4.69) is 0 Å². The maximum absolute atomic E-state index is 12.7. The van der Waals surface area contributed by atoms with Gasteiger partial charge in [-0.15, -0.1) is 12.4 Å². The fraction of sp³-hybridized carbons (Fsp3) is 0.273. The molecule has 0 unspecified atom stereocenters. The summed E-state index contributed by atoms with van der Waals surface area (Å²) in [6, 6.07) is 7.53. The number of methoxy groups -OCH3 is 1. The molecule has 0 radical (unpaired) electrons. The molecule has 0 atom stereocenters. The summed E-state index contributed by atoms with van der Waals surface area (Å²) in [7, 11) is 1.60. The van der Waals surface area contributed by atoms with E-state index in [9.17, 15) is 4.39 Å². The smallest absolute Gasteiger partial charge is 0.122 e. The van der Waals surface area contributed by atoms with Gasteiger partial charge in [-0.05, 0) is 24.1 Å².